The van der Waals surface area contributed by atoms with E-state index in [4.69, 9.17) is 0 Å². The monoisotopic (exact) mass is 177 g/mol. The number of hydrogen-bond donors (Lipinski definition) is 0. The minimum Gasteiger partial charge on any atom is -0.461 e. The third-order valence-corrected chi connectivity index (χ3v) is 1.86. The Balaban J connectivity index is 3.76. The maximum Gasteiger partial charge on any atom is 0.740 e. The van der Waals surface area contributed by atoms with Gasteiger partial charge in [-0.2, -0.15) is 0 Å². The number of rotatable bonds is 3. The molecule has 0 aromatic carbocycles. The molecule has 0 aliphatic carbocycles. The fourth-order valence-corrected chi connectivity index (χ4v) is 1.02. The van der Waals surface area contributed by atoms with Gasteiger partial charge in [0.2, 0.25) is 0 Å². The molecule has 6 heteroatoms. The first kappa shape index (κ1) is 10.1. The molecule has 0 saturated carbocycles. The van der Waals surface area contributed by atoms with Crippen molar-refractivity contribution in [3.05, 3.63) is 0 Å². The predicted molar refractivity (Wildman–Crippen MR) is 36.3 cm³/mol. The van der Waals surface area contributed by atoms with Gasteiger partial charge in [0.1, 0.15) is 0 Å². The molecule has 11 heavy (non-hydrogen) atoms. The zero-order valence-corrected chi connectivity index (χ0v) is 7.54. The van der Waals surface area contributed by atoms with Gasteiger partial charge in [0.25, 0.3) is 11.9 Å². The average molecular weight is 177 g/mol. The highest BCUT2D eigenvalue weighted by atomic mass is 28.3. The van der Waals surface area contributed by atoms with Crippen LogP contribution in [-0.4, -0.2) is 28.6 Å². The van der Waals surface area contributed by atoms with Gasteiger partial charge in [-0.15, -0.1) is 0 Å². The minimum atomic E-state index is -2.18. The van der Waals surface area contributed by atoms with Crippen LogP contribution in [0.15, 0.2) is 0 Å². The molecule has 0 fully saturated rings. The van der Waals surface area contributed by atoms with Gasteiger partial charge in [-0.1, -0.05) is 0 Å². The Bertz CT molecular complexity index is 141. The van der Waals surface area contributed by atoms with Crippen LogP contribution in [0.4, 0.5) is 0 Å². The van der Waals surface area contributed by atoms with Crippen molar-refractivity contribution in [1.29, 1.82) is 0 Å². The number of carbonyl (C=O) groups excluding carboxylic acids is 2. The maximum atomic E-state index is 10.3. The molecule has 0 amide bonds. The second-order valence-corrected chi connectivity index (χ2v) is 2.96. The quantitative estimate of drug-likeness (QED) is 0.556. The van der Waals surface area contributed by atoms with Gasteiger partial charge in [-0.05, 0) is 0 Å². The second kappa shape index (κ2) is 4.86. The summed E-state index contributed by atoms with van der Waals surface area (Å²) in [6.45, 7) is 2.43. The second-order valence-electron chi connectivity index (χ2n) is 1.64. The lowest BCUT2D eigenvalue weighted by molar-refractivity contribution is -0.140. The standard InChI is InChI=1S/C5H9O5Si/c1-4(6)9-11(8-3)10-5(2)7/h1-3H3. The summed E-state index contributed by atoms with van der Waals surface area (Å²) in [5.74, 6) is -1.05. The van der Waals surface area contributed by atoms with E-state index in [1.807, 2.05) is 0 Å². The van der Waals surface area contributed by atoms with Gasteiger partial charge in [0, 0.05) is 21.0 Å². The molecule has 5 nitrogen and oxygen atoms in total. The van der Waals surface area contributed by atoms with Crippen molar-refractivity contribution in [2.75, 3.05) is 7.11 Å². The molecule has 0 rings (SSSR count). The van der Waals surface area contributed by atoms with Crippen molar-refractivity contribution in [2.45, 2.75) is 13.8 Å². The van der Waals surface area contributed by atoms with Crippen molar-refractivity contribution >= 4 is 21.5 Å². The molecule has 0 spiro atoms. The van der Waals surface area contributed by atoms with Gasteiger partial charge in [-0.25, -0.2) is 0 Å². The largest absolute Gasteiger partial charge is 0.740 e. The molecule has 1 radical (unpaired) electrons. The van der Waals surface area contributed by atoms with Gasteiger partial charge in [0.05, 0.1) is 0 Å². The van der Waals surface area contributed by atoms with Crippen LogP contribution in [0.3, 0.4) is 0 Å². The summed E-state index contributed by atoms with van der Waals surface area (Å²) in [6, 6.07) is 0. The van der Waals surface area contributed by atoms with Crippen molar-refractivity contribution < 1.29 is 22.9 Å². The Morgan fingerprint density at radius 1 is 1.09 bits per heavy atom. The fraction of sp³-hybridized carbons (Fsp3) is 0.600. The van der Waals surface area contributed by atoms with Crippen LogP contribution in [0, 0.1) is 0 Å². The maximum absolute atomic E-state index is 10.3. The van der Waals surface area contributed by atoms with Crippen molar-refractivity contribution in [2.24, 2.45) is 0 Å². The molecule has 0 heterocycles. The lowest BCUT2D eigenvalue weighted by Crippen LogP contribution is -2.29. The molecule has 0 saturated heterocycles. The van der Waals surface area contributed by atoms with E-state index in [2.05, 4.69) is 13.3 Å². The third kappa shape index (κ3) is 5.56. The van der Waals surface area contributed by atoms with Crippen LogP contribution in [0.25, 0.3) is 0 Å². The molecule has 63 valence electrons. The van der Waals surface area contributed by atoms with E-state index >= 15 is 0 Å². The summed E-state index contributed by atoms with van der Waals surface area (Å²) in [5.41, 5.74) is 0. The van der Waals surface area contributed by atoms with Crippen molar-refractivity contribution in [3.8, 4) is 0 Å². The van der Waals surface area contributed by atoms with E-state index in [0.717, 1.165) is 0 Å². The first-order chi connectivity index (χ1) is 5.06. The molecule has 0 aliphatic rings. The molecule has 0 aromatic rings. The Labute approximate surface area is 66.2 Å². The van der Waals surface area contributed by atoms with Crippen molar-refractivity contribution in [3.63, 3.8) is 0 Å². The summed E-state index contributed by atoms with van der Waals surface area (Å²) in [7, 11) is -0.876. The van der Waals surface area contributed by atoms with E-state index in [0.29, 0.717) is 0 Å². The molecule has 0 bridgehead atoms. The first-order valence-electron chi connectivity index (χ1n) is 2.84. The van der Waals surface area contributed by atoms with E-state index in [-0.39, 0.29) is 0 Å². The topological polar surface area (TPSA) is 61.8 Å². The summed E-state index contributed by atoms with van der Waals surface area (Å²) in [6.07, 6.45) is 0. The van der Waals surface area contributed by atoms with E-state index in [9.17, 15) is 9.59 Å². The normalized spacial score (nSPS) is 9.45. The predicted octanol–water partition coefficient (Wildman–Crippen LogP) is -0.256. The van der Waals surface area contributed by atoms with Crippen LogP contribution in [0.1, 0.15) is 13.8 Å². The van der Waals surface area contributed by atoms with Crippen LogP contribution in [0.2, 0.25) is 0 Å². The molecule has 0 unspecified atom stereocenters. The smallest absolute Gasteiger partial charge is 0.461 e. The lowest BCUT2D eigenvalue weighted by atomic mass is 10.9. The first-order valence-corrected chi connectivity index (χ1v) is 4.06. The SMILES string of the molecule is CO[Si](OC(C)=O)OC(C)=O. The molecule has 0 aromatic heterocycles. The van der Waals surface area contributed by atoms with Gasteiger partial charge < -0.3 is 13.3 Å². The minimum absolute atomic E-state index is 0.526. The Kier molecular flexibility index (Phi) is 4.47. The molecular weight excluding hydrogens is 168 g/mol. The highest BCUT2D eigenvalue weighted by molar-refractivity contribution is 6.41. The van der Waals surface area contributed by atoms with Crippen LogP contribution in [0.5, 0.6) is 0 Å². The van der Waals surface area contributed by atoms with Gasteiger partial charge >= 0.3 is 9.53 Å². The number of hydrogen-bond acceptors (Lipinski definition) is 5. The Morgan fingerprint density at radius 3 is 1.64 bits per heavy atom. The van der Waals surface area contributed by atoms with Crippen LogP contribution in [-0.2, 0) is 22.9 Å². The van der Waals surface area contributed by atoms with E-state index < -0.39 is 21.5 Å². The third-order valence-electron chi connectivity index (χ3n) is 0.621. The zero-order valence-electron chi connectivity index (χ0n) is 6.54. The van der Waals surface area contributed by atoms with Crippen molar-refractivity contribution in [1.82, 2.24) is 0 Å². The lowest BCUT2D eigenvalue weighted by Gasteiger charge is -2.07. The average Bonchev–Trinajstić information content (AvgIpc) is 1.84. The number of carbonyl (C=O) groups is 2. The van der Waals surface area contributed by atoms with Crippen LogP contribution >= 0.6 is 0 Å². The van der Waals surface area contributed by atoms with Gasteiger partial charge in [0.15, 0.2) is 0 Å². The summed E-state index contributed by atoms with van der Waals surface area (Å²) in [4.78, 5) is 20.7. The molecule has 0 N–H and O–H groups in total. The highest BCUT2D eigenvalue weighted by Gasteiger charge is 2.25. The van der Waals surface area contributed by atoms with Crippen LogP contribution < -0.4 is 0 Å². The summed E-state index contributed by atoms with van der Waals surface area (Å²) < 4.78 is 13.6. The molecule has 0 aliphatic heterocycles. The fourth-order valence-electron chi connectivity index (χ4n) is 0.339. The molecule has 0 atom stereocenters. The summed E-state index contributed by atoms with van der Waals surface area (Å²) in [5, 5.41) is 0. The van der Waals surface area contributed by atoms with Gasteiger partial charge in [-0.3, -0.25) is 9.59 Å². The summed E-state index contributed by atoms with van der Waals surface area (Å²) >= 11 is 0. The zero-order chi connectivity index (χ0) is 8.85. The molecular formula is C5H9O5Si. The Morgan fingerprint density at radius 2 is 1.45 bits per heavy atom. The Hall–Kier alpha value is -0.883. The van der Waals surface area contributed by atoms with E-state index in [1.54, 1.807) is 0 Å². The van der Waals surface area contributed by atoms with E-state index in [1.165, 1.54) is 21.0 Å². The highest BCUT2D eigenvalue weighted by Crippen LogP contribution is 1.91.